The molecule has 0 radical (unpaired) electrons. The number of aliphatic hydroxyl groups is 1. The van der Waals surface area contributed by atoms with Gasteiger partial charge in [-0.3, -0.25) is 4.79 Å². The molecule has 1 fully saturated rings. The number of hydrogen-bond donors (Lipinski definition) is 2. The molecule has 0 unspecified atom stereocenters. The predicted octanol–water partition coefficient (Wildman–Crippen LogP) is 2.84. The molecule has 3 rings (SSSR count). The Morgan fingerprint density at radius 2 is 2.04 bits per heavy atom. The Bertz CT molecular complexity index is 718. The van der Waals surface area contributed by atoms with E-state index in [9.17, 15) is 9.90 Å². The summed E-state index contributed by atoms with van der Waals surface area (Å²) in [6, 6.07) is 9.03. The maximum atomic E-state index is 12.9. The summed E-state index contributed by atoms with van der Waals surface area (Å²) in [4.78, 5) is 17.7. The minimum Gasteiger partial charge on any atom is -0.497 e. The summed E-state index contributed by atoms with van der Waals surface area (Å²) in [5, 5.41) is 11.2. The van der Waals surface area contributed by atoms with Crippen LogP contribution in [0, 0.1) is 6.92 Å². The molecule has 0 spiro atoms. The van der Waals surface area contributed by atoms with E-state index in [1.807, 2.05) is 37.3 Å². The van der Waals surface area contributed by atoms with E-state index in [1.54, 1.807) is 25.1 Å². The van der Waals surface area contributed by atoms with Crippen LogP contribution >= 0.6 is 0 Å². The largest absolute Gasteiger partial charge is 0.497 e. The number of aryl methyl sites for hydroxylation is 1. The van der Waals surface area contributed by atoms with Crippen LogP contribution in [-0.4, -0.2) is 40.6 Å². The van der Waals surface area contributed by atoms with E-state index in [2.05, 4.69) is 4.98 Å². The number of carbonyl (C=O) groups excluding carboxylic acids is 1. The third-order valence-electron chi connectivity index (χ3n) is 5.01. The lowest BCUT2D eigenvalue weighted by atomic mass is 9.86. The highest BCUT2D eigenvalue weighted by molar-refractivity contribution is 5.94. The number of ether oxygens (including phenoxy) is 1. The van der Waals surface area contributed by atoms with E-state index >= 15 is 0 Å². The molecule has 5 heteroatoms. The van der Waals surface area contributed by atoms with Gasteiger partial charge < -0.3 is 19.7 Å². The number of rotatable bonds is 4. The van der Waals surface area contributed by atoms with Crippen molar-refractivity contribution in [2.75, 3.05) is 13.7 Å². The van der Waals surface area contributed by atoms with Crippen LogP contribution in [0.1, 0.15) is 41.4 Å². The number of nitrogens with one attached hydrogen (secondary N) is 1. The average Bonchev–Trinajstić information content (AvgIpc) is 3.23. The fraction of sp³-hybridized carbons (Fsp3) is 0.421. The molecule has 1 aliphatic rings. The van der Waals surface area contributed by atoms with Crippen LogP contribution in [0.5, 0.6) is 5.75 Å². The second-order valence-electron chi connectivity index (χ2n) is 6.57. The van der Waals surface area contributed by atoms with E-state index < -0.39 is 5.60 Å². The standard InChI is InChI=1S/C19H24N2O3/c1-13-10-11-20-17(13)18(22)21-12-4-5-16(21)19(2,23)14-6-8-15(24-3)9-7-14/h6-11,16,20,23H,4-5,12H2,1-3H3/t16-,19-/m0/s1. The summed E-state index contributed by atoms with van der Waals surface area (Å²) >= 11 is 0. The molecule has 2 atom stereocenters. The first-order valence-electron chi connectivity index (χ1n) is 8.27. The summed E-state index contributed by atoms with van der Waals surface area (Å²) in [5.41, 5.74) is 1.21. The lowest BCUT2D eigenvalue weighted by Crippen LogP contribution is -2.48. The zero-order chi connectivity index (χ0) is 17.3. The maximum absolute atomic E-state index is 12.9. The Labute approximate surface area is 142 Å². The van der Waals surface area contributed by atoms with Gasteiger partial charge in [-0.05, 0) is 56.0 Å². The van der Waals surface area contributed by atoms with Crippen molar-refractivity contribution in [1.82, 2.24) is 9.88 Å². The van der Waals surface area contributed by atoms with E-state index in [0.29, 0.717) is 12.2 Å². The zero-order valence-electron chi connectivity index (χ0n) is 14.4. The van der Waals surface area contributed by atoms with Crippen LogP contribution in [0.4, 0.5) is 0 Å². The highest BCUT2D eigenvalue weighted by Gasteiger charge is 2.43. The van der Waals surface area contributed by atoms with Gasteiger partial charge >= 0.3 is 0 Å². The molecule has 1 aromatic heterocycles. The number of hydrogen-bond acceptors (Lipinski definition) is 3. The number of carbonyl (C=O) groups is 1. The van der Waals surface area contributed by atoms with Gasteiger partial charge in [-0.15, -0.1) is 0 Å². The van der Waals surface area contributed by atoms with E-state index in [4.69, 9.17) is 4.74 Å². The molecular weight excluding hydrogens is 304 g/mol. The number of amides is 1. The molecule has 128 valence electrons. The third-order valence-corrected chi connectivity index (χ3v) is 5.01. The molecule has 1 saturated heterocycles. The first-order valence-corrected chi connectivity index (χ1v) is 8.27. The van der Waals surface area contributed by atoms with Gasteiger partial charge in [-0.1, -0.05) is 12.1 Å². The van der Waals surface area contributed by atoms with Crippen molar-refractivity contribution in [3.05, 3.63) is 53.3 Å². The third kappa shape index (κ3) is 2.80. The van der Waals surface area contributed by atoms with Gasteiger partial charge in [0, 0.05) is 12.7 Å². The van der Waals surface area contributed by atoms with Crippen molar-refractivity contribution in [3.63, 3.8) is 0 Å². The van der Waals surface area contributed by atoms with Gasteiger partial charge in [0.15, 0.2) is 0 Å². The van der Waals surface area contributed by atoms with Crippen molar-refractivity contribution in [2.24, 2.45) is 0 Å². The Kier molecular flexibility index (Phi) is 4.37. The normalized spacial score (nSPS) is 20.0. The Morgan fingerprint density at radius 3 is 2.62 bits per heavy atom. The van der Waals surface area contributed by atoms with Crippen molar-refractivity contribution >= 4 is 5.91 Å². The van der Waals surface area contributed by atoms with Crippen LogP contribution in [-0.2, 0) is 5.60 Å². The lowest BCUT2D eigenvalue weighted by Gasteiger charge is -2.37. The molecule has 24 heavy (non-hydrogen) atoms. The molecule has 5 nitrogen and oxygen atoms in total. The Morgan fingerprint density at radius 1 is 1.33 bits per heavy atom. The summed E-state index contributed by atoms with van der Waals surface area (Å²) in [6.07, 6.45) is 3.45. The number of aromatic nitrogens is 1. The summed E-state index contributed by atoms with van der Waals surface area (Å²) in [7, 11) is 1.61. The van der Waals surface area contributed by atoms with Crippen molar-refractivity contribution in [2.45, 2.75) is 38.3 Å². The van der Waals surface area contributed by atoms with Crippen molar-refractivity contribution in [3.8, 4) is 5.75 Å². The number of H-pyrrole nitrogens is 1. The molecule has 0 saturated carbocycles. The van der Waals surface area contributed by atoms with Crippen LogP contribution in [0.3, 0.4) is 0 Å². The second-order valence-corrected chi connectivity index (χ2v) is 6.57. The van der Waals surface area contributed by atoms with Crippen LogP contribution < -0.4 is 4.74 Å². The Hall–Kier alpha value is -2.27. The monoisotopic (exact) mass is 328 g/mol. The van der Waals surface area contributed by atoms with Crippen molar-refractivity contribution < 1.29 is 14.6 Å². The molecule has 1 aliphatic heterocycles. The average molecular weight is 328 g/mol. The molecule has 2 heterocycles. The van der Waals surface area contributed by atoms with Crippen LogP contribution in [0.2, 0.25) is 0 Å². The minimum absolute atomic E-state index is 0.0474. The van der Waals surface area contributed by atoms with Gasteiger partial charge in [-0.2, -0.15) is 0 Å². The van der Waals surface area contributed by atoms with Gasteiger partial charge in [0.25, 0.3) is 5.91 Å². The molecule has 1 aromatic carbocycles. The van der Waals surface area contributed by atoms with Gasteiger partial charge in [0.1, 0.15) is 17.0 Å². The lowest BCUT2D eigenvalue weighted by molar-refractivity contribution is -0.0179. The molecule has 0 aliphatic carbocycles. The minimum atomic E-state index is -1.11. The second kappa shape index (κ2) is 6.32. The number of nitrogens with zero attached hydrogens (tertiary/aromatic N) is 1. The highest BCUT2D eigenvalue weighted by atomic mass is 16.5. The quantitative estimate of drug-likeness (QED) is 0.907. The van der Waals surface area contributed by atoms with Gasteiger partial charge in [0.2, 0.25) is 0 Å². The smallest absolute Gasteiger partial charge is 0.270 e. The molecule has 2 N–H and O–H groups in total. The summed E-state index contributed by atoms with van der Waals surface area (Å²) in [6.45, 7) is 4.36. The summed E-state index contributed by atoms with van der Waals surface area (Å²) < 4.78 is 5.18. The first kappa shape index (κ1) is 16.6. The first-order chi connectivity index (χ1) is 11.4. The zero-order valence-corrected chi connectivity index (χ0v) is 14.4. The number of benzene rings is 1. The topological polar surface area (TPSA) is 65.6 Å². The van der Waals surface area contributed by atoms with Crippen LogP contribution in [0.25, 0.3) is 0 Å². The fourth-order valence-electron chi connectivity index (χ4n) is 3.54. The molecule has 0 bridgehead atoms. The summed E-state index contributed by atoms with van der Waals surface area (Å²) in [5.74, 6) is 0.699. The van der Waals surface area contributed by atoms with Crippen LogP contribution in [0.15, 0.2) is 36.5 Å². The number of likely N-dealkylation sites (tertiary alicyclic amines) is 1. The van der Waals surface area contributed by atoms with Crippen molar-refractivity contribution in [1.29, 1.82) is 0 Å². The molecular formula is C19H24N2O3. The van der Waals surface area contributed by atoms with E-state index in [0.717, 1.165) is 29.7 Å². The fourth-order valence-corrected chi connectivity index (χ4v) is 3.54. The highest BCUT2D eigenvalue weighted by Crippen LogP contribution is 2.36. The van der Waals surface area contributed by atoms with E-state index in [1.165, 1.54) is 0 Å². The SMILES string of the molecule is COc1ccc([C@](C)(O)[C@@H]2CCCN2C(=O)c2[nH]ccc2C)cc1. The van der Waals surface area contributed by atoms with E-state index in [-0.39, 0.29) is 11.9 Å². The molecule has 1 amide bonds. The predicted molar refractivity (Wildman–Crippen MR) is 92.2 cm³/mol. The number of aromatic amines is 1. The maximum Gasteiger partial charge on any atom is 0.270 e. The number of methoxy groups -OCH3 is 1. The molecule has 2 aromatic rings. The van der Waals surface area contributed by atoms with Gasteiger partial charge in [-0.25, -0.2) is 0 Å². The Balaban J connectivity index is 1.88. The van der Waals surface area contributed by atoms with Gasteiger partial charge in [0.05, 0.1) is 13.2 Å².